The highest BCUT2D eigenvalue weighted by molar-refractivity contribution is 9.10. The van der Waals surface area contributed by atoms with E-state index >= 15 is 0 Å². The lowest BCUT2D eigenvalue weighted by Crippen LogP contribution is -2.35. The van der Waals surface area contributed by atoms with Gasteiger partial charge >= 0.3 is 0 Å². The van der Waals surface area contributed by atoms with Crippen molar-refractivity contribution in [2.24, 2.45) is 7.05 Å². The molecule has 1 aromatic carbocycles. The Kier molecular flexibility index (Phi) is 5.92. The molecule has 0 saturated carbocycles. The zero-order chi connectivity index (χ0) is 19.6. The number of methoxy groups -OCH3 is 1. The number of nitrogens with one attached hydrogen (secondary N) is 1. The van der Waals surface area contributed by atoms with Crippen molar-refractivity contribution in [1.82, 2.24) is 8.87 Å². The van der Waals surface area contributed by atoms with E-state index in [1.54, 1.807) is 25.2 Å². The molecule has 1 N–H and O–H groups in total. The zero-order valence-corrected chi connectivity index (χ0v) is 17.6. The monoisotopic (exact) mass is 455 g/mol. The summed E-state index contributed by atoms with van der Waals surface area (Å²) >= 11 is 3.36. The highest BCUT2D eigenvalue weighted by Crippen LogP contribution is 2.29. The number of hydrogen-bond donors (Lipinski definition) is 1. The summed E-state index contributed by atoms with van der Waals surface area (Å²) in [6.45, 7) is 1.04. The molecule has 2 aromatic rings. The maximum absolute atomic E-state index is 12.8. The molecule has 146 valence electrons. The summed E-state index contributed by atoms with van der Waals surface area (Å²) < 4.78 is 34.7. The van der Waals surface area contributed by atoms with Crippen LogP contribution in [0.25, 0.3) is 0 Å². The molecular formula is C18H22BrN3O4S. The highest BCUT2D eigenvalue weighted by atomic mass is 79.9. The molecule has 1 aromatic heterocycles. The summed E-state index contributed by atoms with van der Waals surface area (Å²) in [5.74, 6) is 0.107. The van der Waals surface area contributed by atoms with Gasteiger partial charge in [0.15, 0.2) is 0 Å². The highest BCUT2D eigenvalue weighted by Gasteiger charge is 2.28. The van der Waals surface area contributed by atoms with Crippen LogP contribution >= 0.6 is 15.9 Å². The number of sulfonamides is 1. The Balaban J connectivity index is 1.86. The molecule has 1 saturated heterocycles. The summed E-state index contributed by atoms with van der Waals surface area (Å²) in [5, 5.41) is 2.78. The van der Waals surface area contributed by atoms with Gasteiger partial charge in [0.25, 0.3) is 5.91 Å². The van der Waals surface area contributed by atoms with Crippen LogP contribution < -0.4 is 10.1 Å². The van der Waals surface area contributed by atoms with Crippen LogP contribution in [0.5, 0.6) is 5.75 Å². The van der Waals surface area contributed by atoms with Crippen molar-refractivity contribution in [3.8, 4) is 5.75 Å². The quantitative estimate of drug-likeness (QED) is 0.750. The fourth-order valence-electron chi connectivity index (χ4n) is 3.12. The van der Waals surface area contributed by atoms with Crippen LogP contribution in [0.3, 0.4) is 0 Å². The number of rotatable bonds is 5. The fourth-order valence-corrected chi connectivity index (χ4v) is 5.07. The first-order valence-electron chi connectivity index (χ1n) is 8.64. The fraction of sp³-hybridized carbons (Fsp3) is 0.389. The molecule has 0 radical (unpaired) electrons. The van der Waals surface area contributed by atoms with Crippen LogP contribution in [0.15, 0.2) is 39.8 Å². The number of benzene rings is 1. The molecule has 0 spiro atoms. The molecule has 0 bridgehead atoms. The molecule has 1 aliphatic heterocycles. The molecular weight excluding hydrogens is 434 g/mol. The lowest BCUT2D eigenvalue weighted by molar-refractivity contribution is 0.101. The van der Waals surface area contributed by atoms with Gasteiger partial charge in [-0.3, -0.25) is 4.79 Å². The Labute approximate surface area is 167 Å². The van der Waals surface area contributed by atoms with Crippen LogP contribution in [0.2, 0.25) is 0 Å². The number of halogens is 1. The van der Waals surface area contributed by atoms with Crippen LogP contribution in [0.4, 0.5) is 5.69 Å². The third-order valence-corrected chi connectivity index (χ3v) is 6.93. The molecule has 9 heteroatoms. The number of carbonyl (C=O) groups is 1. The molecule has 0 atom stereocenters. The normalized spacial score (nSPS) is 15.5. The van der Waals surface area contributed by atoms with E-state index in [2.05, 4.69) is 21.2 Å². The Morgan fingerprint density at radius 2 is 1.89 bits per heavy atom. The average molecular weight is 456 g/mol. The molecule has 0 unspecified atom stereocenters. The van der Waals surface area contributed by atoms with Gasteiger partial charge in [-0.2, -0.15) is 4.31 Å². The van der Waals surface area contributed by atoms with Gasteiger partial charge in [-0.15, -0.1) is 0 Å². The summed E-state index contributed by atoms with van der Waals surface area (Å²) in [6.07, 6.45) is 4.25. The maximum Gasteiger partial charge on any atom is 0.272 e. The van der Waals surface area contributed by atoms with E-state index in [4.69, 9.17) is 4.74 Å². The van der Waals surface area contributed by atoms with Crippen LogP contribution in [-0.4, -0.2) is 43.4 Å². The third kappa shape index (κ3) is 4.20. The minimum Gasteiger partial charge on any atom is -0.495 e. The number of amides is 1. The van der Waals surface area contributed by atoms with Gasteiger partial charge in [0.2, 0.25) is 10.0 Å². The molecule has 1 fully saturated rings. The predicted octanol–water partition coefficient (Wildman–Crippen LogP) is 3.22. The summed E-state index contributed by atoms with van der Waals surface area (Å²) in [6, 6.07) is 6.69. The van der Waals surface area contributed by atoms with Crippen molar-refractivity contribution < 1.29 is 17.9 Å². The molecule has 2 heterocycles. The molecule has 27 heavy (non-hydrogen) atoms. The molecule has 1 amide bonds. The third-order valence-electron chi connectivity index (χ3n) is 4.58. The van der Waals surface area contributed by atoms with Gasteiger partial charge in [0.1, 0.15) is 16.3 Å². The molecule has 1 aliphatic rings. The van der Waals surface area contributed by atoms with E-state index in [9.17, 15) is 13.2 Å². The molecule has 7 nitrogen and oxygen atoms in total. The first-order chi connectivity index (χ1) is 12.8. The Bertz CT molecular complexity index is 950. The van der Waals surface area contributed by atoms with Crippen molar-refractivity contribution in [2.75, 3.05) is 25.5 Å². The summed E-state index contributed by atoms with van der Waals surface area (Å²) in [4.78, 5) is 12.9. The smallest absolute Gasteiger partial charge is 0.272 e. The predicted molar refractivity (Wildman–Crippen MR) is 107 cm³/mol. The summed E-state index contributed by atoms with van der Waals surface area (Å²) in [5.41, 5.74) is 0.756. The number of carbonyl (C=O) groups excluding carboxylic acids is 1. The van der Waals surface area contributed by atoms with Crippen molar-refractivity contribution >= 4 is 37.5 Å². The minimum absolute atomic E-state index is 0.137. The van der Waals surface area contributed by atoms with Gasteiger partial charge < -0.3 is 14.6 Å². The first kappa shape index (κ1) is 19.9. The second kappa shape index (κ2) is 8.04. The maximum atomic E-state index is 12.8. The van der Waals surface area contributed by atoms with E-state index < -0.39 is 15.9 Å². The van der Waals surface area contributed by atoms with Crippen LogP contribution in [0, 0.1) is 0 Å². The topological polar surface area (TPSA) is 80.6 Å². The van der Waals surface area contributed by atoms with Gasteiger partial charge in [0.05, 0.1) is 12.8 Å². The van der Waals surface area contributed by atoms with Crippen molar-refractivity contribution in [1.29, 1.82) is 0 Å². The first-order valence-corrected chi connectivity index (χ1v) is 10.9. The van der Waals surface area contributed by atoms with E-state index in [-0.39, 0.29) is 10.6 Å². The second-order valence-corrected chi connectivity index (χ2v) is 9.29. The number of aromatic nitrogens is 1. The lowest BCUT2D eigenvalue weighted by atomic mass is 10.2. The largest absolute Gasteiger partial charge is 0.495 e. The van der Waals surface area contributed by atoms with E-state index in [0.29, 0.717) is 24.5 Å². The van der Waals surface area contributed by atoms with E-state index in [1.807, 2.05) is 0 Å². The summed E-state index contributed by atoms with van der Waals surface area (Å²) in [7, 11) is -0.416. The Morgan fingerprint density at radius 1 is 1.19 bits per heavy atom. The Hall–Kier alpha value is -1.84. The standard InChI is InChI=1S/C18H22BrN3O4S/c1-21-12-14(27(24,25)22-8-4-3-5-9-22)11-16(21)18(23)20-15-10-13(19)6-7-17(15)26-2/h6-7,10-12H,3-5,8-9H2,1-2H3,(H,20,23). The van der Waals surface area contributed by atoms with Gasteiger partial charge in [-0.05, 0) is 37.1 Å². The lowest BCUT2D eigenvalue weighted by Gasteiger charge is -2.25. The number of piperidine rings is 1. The molecule has 0 aliphatic carbocycles. The molecule has 3 rings (SSSR count). The van der Waals surface area contributed by atoms with Gasteiger partial charge in [0, 0.05) is 30.8 Å². The number of ether oxygens (including phenoxy) is 1. The number of nitrogens with zero attached hydrogens (tertiary/aromatic N) is 2. The Morgan fingerprint density at radius 3 is 2.56 bits per heavy atom. The van der Waals surface area contributed by atoms with E-state index in [1.165, 1.54) is 28.2 Å². The number of hydrogen-bond acceptors (Lipinski definition) is 4. The zero-order valence-electron chi connectivity index (χ0n) is 15.2. The minimum atomic E-state index is -3.59. The SMILES string of the molecule is COc1ccc(Br)cc1NC(=O)c1cc(S(=O)(=O)N2CCCCC2)cn1C. The average Bonchev–Trinajstić information content (AvgIpc) is 3.05. The van der Waals surface area contributed by atoms with Gasteiger partial charge in [-0.1, -0.05) is 22.4 Å². The van der Waals surface area contributed by atoms with Crippen LogP contribution in [0.1, 0.15) is 29.8 Å². The van der Waals surface area contributed by atoms with Gasteiger partial charge in [-0.25, -0.2) is 8.42 Å². The van der Waals surface area contributed by atoms with Crippen molar-refractivity contribution in [3.63, 3.8) is 0 Å². The number of aryl methyl sites for hydroxylation is 1. The van der Waals surface area contributed by atoms with Crippen LogP contribution in [-0.2, 0) is 17.1 Å². The van der Waals surface area contributed by atoms with E-state index in [0.717, 1.165) is 23.7 Å². The van der Waals surface area contributed by atoms with Crippen molar-refractivity contribution in [2.45, 2.75) is 24.2 Å². The second-order valence-electron chi connectivity index (χ2n) is 6.44. The van der Waals surface area contributed by atoms with Crippen molar-refractivity contribution in [3.05, 3.63) is 40.6 Å². The number of anilines is 1.